The highest BCUT2D eigenvalue weighted by Crippen LogP contribution is 2.20. The van der Waals surface area contributed by atoms with E-state index in [1.807, 2.05) is 74.3 Å². The molecule has 2 aromatic carbocycles. The second-order valence-electron chi connectivity index (χ2n) is 6.26. The summed E-state index contributed by atoms with van der Waals surface area (Å²) in [7, 11) is 1.89. The zero-order valence-electron chi connectivity index (χ0n) is 15.2. The first-order chi connectivity index (χ1) is 12.5. The molecular formula is C21H22N4O. The van der Waals surface area contributed by atoms with Gasteiger partial charge in [-0.2, -0.15) is 0 Å². The highest BCUT2D eigenvalue weighted by atomic mass is 16.1. The van der Waals surface area contributed by atoms with Crippen LogP contribution in [-0.2, 0) is 6.54 Å². The second kappa shape index (κ2) is 7.78. The minimum Gasteiger partial charge on any atom is -0.347 e. The van der Waals surface area contributed by atoms with Crippen LogP contribution in [0.25, 0.3) is 0 Å². The molecule has 1 aromatic heterocycles. The van der Waals surface area contributed by atoms with Gasteiger partial charge in [0, 0.05) is 25.0 Å². The van der Waals surface area contributed by atoms with E-state index in [9.17, 15) is 4.79 Å². The van der Waals surface area contributed by atoms with Crippen molar-refractivity contribution in [3.63, 3.8) is 0 Å². The zero-order valence-corrected chi connectivity index (χ0v) is 15.2. The number of hydrogen-bond donors (Lipinski definition) is 1. The van der Waals surface area contributed by atoms with Gasteiger partial charge in [0.1, 0.15) is 5.69 Å². The second-order valence-corrected chi connectivity index (χ2v) is 6.26. The number of aryl methyl sites for hydroxylation is 2. The number of para-hydroxylation sites is 1. The number of carbonyl (C=O) groups is 1. The molecule has 0 saturated heterocycles. The molecule has 3 rings (SSSR count). The fourth-order valence-corrected chi connectivity index (χ4v) is 2.68. The Morgan fingerprint density at radius 1 is 1.00 bits per heavy atom. The van der Waals surface area contributed by atoms with Crippen LogP contribution < -0.4 is 10.2 Å². The molecule has 0 radical (unpaired) electrons. The molecule has 0 fully saturated rings. The van der Waals surface area contributed by atoms with Crippen LogP contribution in [-0.4, -0.2) is 22.9 Å². The first kappa shape index (κ1) is 17.6. The summed E-state index contributed by atoms with van der Waals surface area (Å²) < 4.78 is 0. The number of carbonyl (C=O) groups excluding carboxylic acids is 1. The SMILES string of the molecule is Cc1cccc(CNC(=O)c2cc(C)nc(N(C)c3ccccc3)n2)c1. The standard InChI is InChI=1S/C21H22N4O/c1-15-8-7-9-17(12-15)14-22-20(26)19-13-16(2)23-21(24-19)25(3)18-10-5-4-6-11-18/h4-13H,14H2,1-3H3,(H,22,26). The highest BCUT2D eigenvalue weighted by molar-refractivity contribution is 5.92. The van der Waals surface area contributed by atoms with Gasteiger partial charge in [-0.3, -0.25) is 4.79 Å². The summed E-state index contributed by atoms with van der Waals surface area (Å²) in [5.74, 6) is 0.289. The molecule has 1 amide bonds. The lowest BCUT2D eigenvalue weighted by molar-refractivity contribution is 0.0945. The van der Waals surface area contributed by atoms with Crippen molar-refractivity contribution in [2.75, 3.05) is 11.9 Å². The van der Waals surface area contributed by atoms with Gasteiger partial charge in [0.25, 0.3) is 5.91 Å². The molecule has 26 heavy (non-hydrogen) atoms. The van der Waals surface area contributed by atoms with Crippen LogP contribution in [0.2, 0.25) is 0 Å². The molecule has 0 aliphatic carbocycles. The summed E-state index contributed by atoms with van der Waals surface area (Å²) in [6.07, 6.45) is 0. The minimum atomic E-state index is -0.209. The van der Waals surface area contributed by atoms with Crippen LogP contribution in [0, 0.1) is 13.8 Å². The molecule has 0 atom stereocenters. The maximum Gasteiger partial charge on any atom is 0.270 e. The maximum atomic E-state index is 12.5. The molecule has 0 aliphatic heterocycles. The quantitative estimate of drug-likeness (QED) is 0.763. The monoisotopic (exact) mass is 346 g/mol. The number of aromatic nitrogens is 2. The summed E-state index contributed by atoms with van der Waals surface area (Å²) in [4.78, 5) is 23.3. The molecule has 0 bridgehead atoms. The van der Waals surface area contributed by atoms with Gasteiger partial charge in [-0.25, -0.2) is 9.97 Å². The Kier molecular flexibility index (Phi) is 5.27. The van der Waals surface area contributed by atoms with Gasteiger partial charge in [0.2, 0.25) is 5.95 Å². The zero-order chi connectivity index (χ0) is 18.5. The van der Waals surface area contributed by atoms with Gasteiger partial charge in [-0.1, -0.05) is 48.0 Å². The molecule has 1 heterocycles. The van der Waals surface area contributed by atoms with E-state index in [-0.39, 0.29) is 5.91 Å². The topological polar surface area (TPSA) is 58.1 Å². The smallest absolute Gasteiger partial charge is 0.270 e. The van der Waals surface area contributed by atoms with E-state index in [2.05, 4.69) is 21.4 Å². The number of nitrogens with one attached hydrogen (secondary N) is 1. The molecule has 132 valence electrons. The Morgan fingerprint density at radius 3 is 2.50 bits per heavy atom. The largest absolute Gasteiger partial charge is 0.347 e. The lowest BCUT2D eigenvalue weighted by Crippen LogP contribution is -2.25. The van der Waals surface area contributed by atoms with E-state index in [0.717, 1.165) is 16.9 Å². The van der Waals surface area contributed by atoms with E-state index in [4.69, 9.17) is 0 Å². The molecular weight excluding hydrogens is 324 g/mol. The number of anilines is 2. The van der Waals surface area contributed by atoms with E-state index >= 15 is 0 Å². The molecule has 0 spiro atoms. The van der Waals surface area contributed by atoms with Crippen molar-refractivity contribution in [2.45, 2.75) is 20.4 Å². The summed E-state index contributed by atoms with van der Waals surface area (Å²) in [6, 6.07) is 19.6. The van der Waals surface area contributed by atoms with Crippen molar-refractivity contribution in [3.05, 3.63) is 83.2 Å². The summed E-state index contributed by atoms with van der Waals surface area (Å²) >= 11 is 0. The van der Waals surface area contributed by atoms with Crippen molar-refractivity contribution in [2.24, 2.45) is 0 Å². The molecule has 5 heteroatoms. The molecule has 3 aromatic rings. The third-order valence-electron chi connectivity index (χ3n) is 4.05. The van der Waals surface area contributed by atoms with Crippen LogP contribution in [0.3, 0.4) is 0 Å². The predicted octanol–water partition coefficient (Wildman–Crippen LogP) is 3.79. The first-order valence-corrected chi connectivity index (χ1v) is 8.51. The molecule has 1 N–H and O–H groups in total. The van der Waals surface area contributed by atoms with Crippen LogP contribution in [0.1, 0.15) is 27.3 Å². The van der Waals surface area contributed by atoms with Gasteiger partial charge in [-0.15, -0.1) is 0 Å². The third kappa shape index (κ3) is 4.25. The van der Waals surface area contributed by atoms with Gasteiger partial charge in [0.15, 0.2) is 0 Å². The van der Waals surface area contributed by atoms with Crippen LogP contribution in [0.4, 0.5) is 11.6 Å². The van der Waals surface area contributed by atoms with E-state index < -0.39 is 0 Å². The predicted molar refractivity (Wildman–Crippen MR) is 104 cm³/mol. The summed E-state index contributed by atoms with van der Waals surface area (Å²) in [5, 5.41) is 2.93. The maximum absolute atomic E-state index is 12.5. The third-order valence-corrected chi connectivity index (χ3v) is 4.05. The van der Waals surface area contributed by atoms with Crippen LogP contribution >= 0.6 is 0 Å². The lowest BCUT2D eigenvalue weighted by atomic mass is 10.1. The van der Waals surface area contributed by atoms with Crippen molar-refractivity contribution < 1.29 is 4.79 Å². The van der Waals surface area contributed by atoms with E-state index in [1.54, 1.807) is 6.07 Å². The van der Waals surface area contributed by atoms with Gasteiger partial charge in [-0.05, 0) is 37.6 Å². The van der Waals surface area contributed by atoms with E-state index in [0.29, 0.717) is 18.2 Å². The first-order valence-electron chi connectivity index (χ1n) is 8.51. The minimum absolute atomic E-state index is 0.209. The molecule has 0 aliphatic rings. The normalized spacial score (nSPS) is 10.4. The Morgan fingerprint density at radius 2 is 1.77 bits per heavy atom. The highest BCUT2D eigenvalue weighted by Gasteiger charge is 2.14. The van der Waals surface area contributed by atoms with Crippen molar-refractivity contribution in [3.8, 4) is 0 Å². The van der Waals surface area contributed by atoms with Crippen molar-refractivity contribution in [1.82, 2.24) is 15.3 Å². The average Bonchev–Trinajstić information content (AvgIpc) is 2.65. The number of nitrogens with zero attached hydrogens (tertiary/aromatic N) is 3. The Balaban J connectivity index is 1.77. The Hall–Kier alpha value is -3.21. The number of amides is 1. The van der Waals surface area contributed by atoms with Gasteiger partial charge in [0.05, 0.1) is 0 Å². The van der Waals surface area contributed by atoms with Gasteiger partial charge >= 0.3 is 0 Å². The summed E-state index contributed by atoms with van der Waals surface area (Å²) in [5.41, 5.74) is 4.30. The Bertz CT molecular complexity index is 909. The fraction of sp³-hybridized carbons (Fsp3) is 0.190. The lowest BCUT2D eigenvalue weighted by Gasteiger charge is -2.18. The van der Waals surface area contributed by atoms with Crippen LogP contribution in [0.15, 0.2) is 60.7 Å². The number of hydrogen-bond acceptors (Lipinski definition) is 4. The number of benzene rings is 2. The van der Waals surface area contributed by atoms with Gasteiger partial charge < -0.3 is 10.2 Å². The molecule has 0 saturated carbocycles. The average molecular weight is 346 g/mol. The Labute approximate surface area is 153 Å². The van der Waals surface area contributed by atoms with Crippen molar-refractivity contribution in [1.29, 1.82) is 0 Å². The molecule has 0 unspecified atom stereocenters. The van der Waals surface area contributed by atoms with Crippen molar-refractivity contribution >= 4 is 17.5 Å². The van der Waals surface area contributed by atoms with Crippen LogP contribution in [0.5, 0.6) is 0 Å². The number of rotatable bonds is 5. The fourth-order valence-electron chi connectivity index (χ4n) is 2.68. The van der Waals surface area contributed by atoms with E-state index in [1.165, 1.54) is 5.56 Å². The molecule has 5 nitrogen and oxygen atoms in total. The summed E-state index contributed by atoms with van der Waals surface area (Å²) in [6.45, 7) is 4.36.